The lowest BCUT2D eigenvalue weighted by molar-refractivity contribution is 0.242. The van der Waals surface area contributed by atoms with Crippen LogP contribution in [-0.2, 0) is 5.54 Å². The molecule has 82 valence electrons. The number of rotatable bonds is 1. The first-order valence-electron chi connectivity index (χ1n) is 4.92. The van der Waals surface area contributed by atoms with E-state index in [0.29, 0.717) is 10.0 Å². The Balaban J connectivity index is 2.58. The summed E-state index contributed by atoms with van der Waals surface area (Å²) in [6, 6.07) is 1.72. The molecule has 0 unspecified atom stereocenters. The van der Waals surface area contributed by atoms with Crippen LogP contribution >= 0.6 is 15.9 Å². The molecule has 1 aromatic rings. The van der Waals surface area contributed by atoms with Gasteiger partial charge in [-0.1, -0.05) is 0 Å². The van der Waals surface area contributed by atoms with Gasteiger partial charge in [-0.15, -0.1) is 0 Å². The Morgan fingerprint density at radius 1 is 1.53 bits per heavy atom. The van der Waals surface area contributed by atoms with Crippen LogP contribution in [0.15, 0.2) is 10.5 Å². The Hall–Kier alpha value is -0.610. The number of hydrogen-bond donors (Lipinski definition) is 2. The SMILES string of the molecule is Cc1cc(C2(N)CCC2)c(F)c(O)c1Br. The van der Waals surface area contributed by atoms with E-state index in [1.54, 1.807) is 6.07 Å². The molecule has 1 saturated carbocycles. The quantitative estimate of drug-likeness (QED) is 0.827. The summed E-state index contributed by atoms with van der Waals surface area (Å²) in [5.74, 6) is -0.920. The maximum Gasteiger partial charge on any atom is 0.171 e. The second-order valence-electron chi connectivity index (χ2n) is 4.23. The van der Waals surface area contributed by atoms with Crippen molar-refractivity contribution in [3.8, 4) is 5.75 Å². The van der Waals surface area contributed by atoms with E-state index in [1.165, 1.54) is 0 Å². The minimum atomic E-state index is -0.588. The molecule has 0 atom stereocenters. The van der Waals surface area contributed by atoms with E-state index in [4.69, 9.17) is 5.73 Å². The number of nitrogens with two attached hydrogens (primary N) is 1. The van der Waals surface area contributed by atoms with Crippen LogP contribution in [0, 0.1) is 12.7 Å². The maximum atomic E-state index is 13.8. The molecule has 0 radical (unpaired) electrons. The van der Waals surface area contributed by atoms with E-state index in [-0.39, 0.29) is 5.75 Å². The average Bonchev–Trinajstić information content (AvgIpc) is 2.17. The van der Waals surface area contributed by atoms with Gasteiger partial charge in [0.15, 0.2) is 11.6 Å². The summed E-state index contributed by atoms with van der Waals surface area (Å²) in [6.07, 6.45) is 2.58. The Kier molecular flexibility index (Phi) is 2.51. The standard InChI is InChI=1S/C11H13BrFNO/c1-6-5-7(11(14)3-2-4-11)9(13)10(15)8(6)12/h5,15H,2-4,14H2,1H3. The van der Waals surface area contributed by atoms with Crippen molar-refractivity contribution in [1.29, 1.82) is 0 Å². The van der Waals surface area contributed by atoms with Gasteiger partial charge < -0.3 is 10.8 Å². The predicted molar refractivity (Wildman–Crippen MR) is 60.2 cm³/mol. The first kappa shape index (κ1) is 10.9. The second kappa shape index (κ2) is 3.46. The van der Waals surface area contributed by atoms with Crippen LogP contribution in [0.3, 0.4) is 0 Å². The Morgan fingerprint density at radius 2 is 2.13 bits per heavy atom. The van der Waals surface area contributed by atoms with Crippen LogP contribution in [0.25, 0.3) is 0 Å². The van der Waals surface area contributed by atoms with Gasteiger partial charge in [0.25, 0.3) is 0 Å². The zero-order valence-electron chi connectivity index (χ0n) is 8.48. The largest absolute Gasteiger partial charge is 0.504 e. The zero-order valence-corrected chi connectivity index (χ0v) is 10.1. The molecule has 2 nitrogen and oxygen atoms in total. The third kappa shape index (κ3) is 1.56. The van der Waals surface area contributed by atoms with Crippen LogP contribution in [0.5, 0.6) is 5.75 Å². The third-order valence-corrected chi connectivity index (χ3v) is 4.14. The van der Waals surface area contributed by atoms with Crippen LogP contribution in [0.2, 0.25) is 0 Å². The first-order valence-corrected chi connectivity index (χ1v) is 5.72. The molecule has 1 aromatic carbocycles. The minimum absolute atomic E-state index is 0.332. The molecule has 0 amide bonds. The smallest absolute Gasteiger partial charge is 0.171 e. The highest BCUT2D eigenvalue weighted by Gasteiger charge is 2.38. The predicted octanol–water partition coefficient (Wildman–Crippen LogP) is 2.94. The van der Waals surface area contributed by atoms with E-state index in [2.05, 4.69) is 15.9 Å². The molecule has 0 heterocycles. The van der Waals surface area contributed by atoms with Gasteiger partial charge in [-0.05, 0) is 53.7 Å². The van der Waals surface area contributed by atoms with Crippen LogP contribution in [0.4, 0.5) is 4.39 Å². The molecule has 1 fully saturated rings. The number of aromatic hydroxyl groups is 1. The Bertz CT molecular complexity index is 416. The van der Waals surface area contributed by atoms with E-state index in [9.17, 15) is 9.50 Å². The van der Waals surface area contributed by atoms with Crippen molar-refractivity contribution in [2.24, 2.45) is 5.73 Å². The summed E-state index contributed by atoms with van der Waals surface area (Å²) in [7, 11) is 0. The second-order valence-corrected chi connectivity index (χ2v) is 5.02. The number of halogens is 2. The average molecular weight is 274 g/mol. The Morgan fingerprint density at radius 3 is 2.60 bits per heavy atom. The third-order valence-electron chi connectivity index (χ3n) is 3.14. The normalized spacial score (nSPS) is 18.7. The van der Waals surface area contributed by atoms with Gasteiger partial charge in [0, 0.05) is 11.1 Å². The number of hydrogen-bond acceptors (Lipinski definition) is 2. The first-order chi connectivity index (χ1) is 6.96. The topological polar surface area (TPSA) is 46.2 Å². The molecule has 0 aliphatic heterocycles. The summed E-state index contributed by atoms with van der Waals surface area (Å²) in [5, 5.41) is 9.57. The van der Waals surface area contributed by atoms with Crippen LogP contribution in [-0.4, -0.2) is 5.11 Å². The van der Waals surface area contributed by atoms with Gasteiger partial charge in [-0.2, -0.15) is 0 Å². The molecule has 3 N–H and O–H groups in total. The number of aryl methyl sites for hydroxylation is 1. The number of benzene rings is 1. The highest BCUT2D eigenvalue weighted by Crippen LogP contribution is 2.44. The summed E-state index contributed by atoms with van der Waals surface area (Å²) in [5.41, 5.74) is 6.71. The monoisotopic (exact) mass is 273 g/mol. The molecule has 1 aliphatic rings. The lowest BCUT2D eigenvalue weighted by Crippen LogP contribution is -2.44. The highest BCUT2D eigenvalue weighted by atomic mass is 79.9. The summed E-state index contributed by atoms with van der Waals surface area (Å²) >= 11 is 3.14. The highest BCUT2D eigenvalue weighted by molar-refractivity contribution is 9.10. The van der Waals surface area contributed by atoms with Crippen molar-refractivity contribution in [3.05, 3.63) is 27.5 Å². The lowest BCUT2D eigenvalue weighted by atomic mass is 9.72. The van der Waals surface area contributed by atoms with Crippen molar-refractivity contribution in [2.45, 2.75) is 31.7 Å². The van der Waals surface area contributed by atoms with Crippen molar-refractivity contribution in [2.75, 3.05) is 0 Å². The van der Waals surface area contributed by atoms with Crippen LogP contribution in [0.1, 0.15) is 30.4 Å². The fourth-order valence-electron chi connectivity index (χ4n) is 1.94. The summed E-state index contributed by atoms with van der Waals surface area (Å²) in [4.78, 5) is 0. The lowest BCUT2D eigenvalue weighted by Gasteiger charge is -2.39. The van der Waals surface area contributed by atoms with Gasteiger partial charge >= 0.3 is 0 Å². The van der Waals surface area contributed by atoms with Crippen molar-refractivity contribution in [3.63, 3.8) is 0 Å². The molecule has 15 heavy (non-hydrogen) atoms. The molecular formula is C11H13BrFNO. The van der Waals surface area contributed by atoms with Crippen molar-refractivity contribution >= 4 is 15.9 Å². The van der Waals surface area contributed by atoms with Gasteiger partial charge in [0.2, 0.25) is 0 Å². The van der Waals surface area contributed by atoms with Gasteiger partial charge in [-0.25, -0.2) is 4.39 Å². The molecule has 0 aromatic heterocycles. The fourth-order valence-corrected chi connectivity index (χ4v) is 2.23. The van der Waals surface area contributed by atoms with E-state index >= 15 is 0 Å². The van der Waals surface area contributed by atoms with Crippen molar-refractivity contribution in [1.82, 2.24) is 0 Å². The number of phenols is 1. The fraction of sp³-hybridized carbons (Fsp3) is 0.455. The molecule has 0 saturated heterocycles. The zero-order chi connectivity index (χ0) is 11.2. The molecular weight excluding hydrogens is 261 g/mol. The summed E-state index contributed by atoms with van der Waals surface area (Å²) < 4.78 is 14.2. The van der Waals surface area contributed by atoms with Gasteiger partial charge in [-0.3, -0.25) is 0 Å². The molecule has 0 spiro atoms. The Labute approximate surface area is 96.4 Å². The van der Waals surface area contributed by atoms with E-state index in [0.717, 1.165) is 24.8 Å². The number of phenolic OH excluding ortho intramolecular Hbond substituents is 1. The molecule has 1 aliphatic carbocycles. The van der Waals surface area contributed by atoms with Gasteiger partial charge in [0.1, 0.15) is 0 Å². The molecule has 0 bridgehead atoms. The van der Waals surface area contributed by atoms with Crippen LogP contribution < -0.4 is 5.73 Å². The molecule has 4 heteroatoms. The molecule has 2 rings (SSSR count). The van der Waals surface area contributed by atoms with E-state index in [1.807, 2.05) is 6.92 Å². The van der Waals surface area contributed by atoms with Gasteiger partial charge in [0.05, 0.1) is 4.47 Å². The minimum Gasteiger partial charge on any atom is -0.504 e. The van der Waals surface area contributed by atoms with E-state index < -0.39 is 11.4 Å². The van der Waals surface area contributed by atoms with Crippen molar-refractivity contribution < 1.29 is 9.50 Å². The summed E-state index contributed by atoms with van der Waals surface area (Å²) in [6.45, 7) is 1.81. The maximum absolute atomic E-state index is 13.8.